The van der Waals surface area contributed by atoms with Crippen LogP contribution in [0.25, 0.3) is 0 Å². The third-order valence-electron chi connectivity index (χ3n) is 2.02. The van der Waals surface area contributed by atoms with Crippen molar-refractivity contribution < 1.29 is 9.90 Å². The van der Waals surface area contributed by atoms with Crippen LogP contribution in [-0.4, -0.2) is 53.0 Å². The van der Waals surface area contributed by atoms with Crippen molar-refractivity contribution in [1.29, 1.82) is 5.41 Å². The normalized spacial score (nSPS) is 17.8. The second kappa shape index (κ2) is 3.42. The van der Waals surface area contributed by atoms with Gasteiger partial charge in [-0.1, -0.05) is 0 Å². The Hall–Kier alpha value is -1.26. The van der Waals surface area contributed by atoms with Gasteiger partial charge in [0.15, 0.2) is 0 Å². The van der Waals surface area contributed by atoms with Gasteiger partial charge in [0.25, 0.3) is 0 Å². The summed E-state index contributed by atoms with van der Waals surface area (Å²) in [6.07, 6.45) is -0.864. The lowest BCUT2D eigenvalue weighted by atomic mass is 10.3. The molecule has 1 saturated heterocycles. The summed E-state index contributed by atoms with van der Waals surface area (Å²) in [5.74, 6) is 0.514. The molecular formula is C7H13N3O2. The number of carboxylic acid groups (broad SMARTS) is 1. The Morgan fingerprint density at radius 3 is 2.00 bits per heavy atom. The van der Waals surface area contributed by atoms with Crippen LogP contribution in [-0.2, 0) is 0 Å². The first-order chi connectivity index (χ1) is 5.61. The molecule has 0 bridgehead atoms. The molecule has 1 rings (SSSR count). The maximum Gasteiger partial charge on any atom is 0.407 e. The molecule has 0 aliphatic carbocycles. The first kappa shape index (κ1) is 8.83. The molecule has 0 spiro atoms. The highest BCUT2D eigenvalue weighted by atomic mass is 16.4. The molecule has 0 radical (unpaired) electrons. The van der Waals surface area contributed by atoms with Gasteiger partial charge in [-0.3, -0.25) is 5.41 Å². The minimum atomic E-state index is -0.864. The van der Waals surface area contributed by atoms with E-state index in [0.717, 1.165) is 0 Å². The number of amidine groups is 1. The smallest absolute Gasteiger partial charge is 0.407 e. The molecule has 0 atom stereocenters. The van der Waals surface area contributed by atoms with Crippen LogP contribution in [0, 0.1) is 5.41 Å². The summed E-state index contributed by atoms with van der Waals surface area (Å²) < 4.78 is 0. The van der Waals surface area contributed by atoms with Crippen LogP contribution < -0.4 is 0 Å². The van der Waals surface area contributed by atoms with E-state index in [1.165, 1.54) is 4.90 Å². The molecule has 1 aliphatic rings. The molecule has 0 aromatic heterocycles. The fraction of sp³-hybridized carbons (Fsp3) is 0.714. The van der Waals surface area contributed by atoms with Gasteiger partial charge in [-0.15, -0.1) is 0 Å². The molecule has 0 saturated carbocycles. The topological polar surface area (TPSA) is 67.6 Å². The van der Waals surface area contributed by atoms with Gasteiger partial charge in [-0.05, 0) is 6.92 Å². The second-order valence-electron chi connectivity index (χ2n) is 2.84. The van der Waals surface area contributed by atoms with Gasteiger partial charge < -0.3 is 14.9 Å². The zero-order valence-electron chi connectivity index (χ0n) is 7.08. The summed E-state index contributed by atoms with van der Waals surface area (Å²) in [5.41, 5.74) is 0. The highest BCUT2D eigenvalue weighted by Gasteiger charge is 2.19. The van der Waals surface area contributed by atoms with Crippen molar-refractivity contribution in [3.63, 3.8) is 0 Å². The SMILES string of the molecule is CC(=N)N1CCN(C(=O)O)CC1. The van der Waals surface area contributed by atoms with Crippen LogP contribution >= 0.6 is 0 Å². The predicted octanol–water partition coefficient (Wildman–Crippen LogP) is 0.279. The lowest BCUT2D eigenvalue weighted by Crippen LogP contribution is -2.49. The van der Waals surface area contributed by atoms with Crippen molar-refractivity contribution in [3.8, 4) is 0 Å². The molecule has 1 heterocycles. The number of nitrogens with one attached hydrogen (secondary N) is 1. The van der Waals surface area contributed by atoms with Crippen LogP contribution in [0.1, 0.15) is 6.92 Å². The summed E-state index contributed by atoms with van der Waals surface area (Å²) in [4.78, 5) is 13.7. The largest absolute Gasteiger partial charge is 0.465 e. The monoisotopic (exact) mass is 171 g/mol. The first-order valence-electron chi connectivity index (χ1n) is 3.89. The molecule has 0 aromatic rings. The van der Waals surface area contributed by atoms with Crippen molar-refractivity contribution in [2.45, 2.75) is 6.92 Å². The van der Waals surface area contributed by atoms with Crippen molar-refractivity contribution in [3.05, 3.63) is 0 Å². The van der Waals surface area contributed by atoms with Crippen molar-refractivity contribution in [1.82, 2.24) is 9.80 Å². The number of hydrogen-bond donors (Lipinski definition) is 2. The van der Waals surface area contributed by atoms with Gasteiger partial charge in [0.05, 0.1) is 5.84 Å². The maximum atomic E-state index is 10.5. The average molecular weight is 171 g/mol. The minimum Gasteiger partial charge on any atom is -0.465 e. The molecule has 68 valence electrons. The lowest BCUT2D eigenvalue weighted by molar-refractivity contribution is 0.124. The Morgan fingerprint density at radius 1 is 1.25 bits per heavy atom. The number of rotatable bonds is 0. The third-order valence-corrected chi connectivity index (χ3v) is 2.02. The second-order valence-corrected chi connectivity index (χ2v) is 2.84. The average Bonchev–Trinajstić information content (AvgIpc) is 2.04. The van der Waals surface area contributed by atoms with E-state index in [1.54, 1.807) is 6.92 Å². The quantitative estimate of drug-likeness (QED) is 0.406. The zero-order valence-corrected chi connectivity index (χ0v) is 7.08. The Balaban J connectivity index is 2.39. The number of piperazine rings is 1. The third kappa shape index (κ3) is 1.87. The summed E-state index contributed by atoms with van der Waals surface area (Å²) in [5, 5.41) is 15.9. The van der Waals surface area contributed by atoms with Gasteiger partial charge in [0.1, 0.15) is 0 Å². The molecular weight excluding hydrogens is 158 g/mol. The van der Waals surface area contributed by atoms with Crippen molar-refractivity contribution >= 4 is 11.9 Å². The first-order valence-corrected chi connectivity index (χ1v) is 3.89. The molecule has 12 heavy (non-hydrogen) atoms. The van der Waals surface area contributed by atoms with E-state index in [-0.39, 0.29) is 0 Å². The Bertz CT molecular complexity index is 175. The van der Waals surface area contributed by atoms with Gasteiger partial charge in [-0.25, -0.2) is 4.79 Å². The van der Waals surface area contributed by atoms with E-state index >= 15 is 0 Å². The van der Waals surface area contributed by atoms with Crippen molar-refractivity contribution in [2.24, 2.45) is 0 Å². The molecule has 1 aliphatic heterocycles. The number of nitrogens with zero attached hydrogens (tertiary/aromatic N) is 2. The summed E-state index contributed by atoms with van der Waals surface area (Å²) in [6.45, 7) is 4.01. The van der Waals surface area contributed by atoms with Gasteiger partial charge in [0.2, 0.25) is 0 Å². The Kier molecular flexibility index (Phi) is 2.52. The molecule has 1 amide bonds. The zero-order chi connectivity index (χ0) is 9.14. The highest BCUT2D eigenvalue weighted by Crippen LogP contribution is 2.01. The molecule has 5 heteroatoms. The van der Waals surface area contributed by atoms with E-state index in [4.69, 9.17) is 10.5 Å². The number of carbonyl (C=O) groups is 1. The van der Waals surface area contributed by atoms with Gasteiger partial charge >= 0.3 is 6.09 Å². The van der Waals surface area contributed by atoms with Crippen LogP contribution in [0.2, 0.25) is 0 Å². The van der Waals surface area contributed by atoms with Gasteiger partial charge in [-0.2, -0.15) is 0 Å². The number of hydrogen-bond acceptors (Lipinski definition) is 2. The van der Waals surface area contributed by atoms with E-state index in [0.29, 0.717) is 32.0 Å². The summed E-state index contributed by atoms with van der Waals surface area (Å²) in [7, 11) is 0. The van der Waals surface area contributed by atoms with Crippen LogP contribution in [0.3, 0.4) is 0 Å². The Morgan fingerprint density at radius 2 is 1.67 bits per heavy atom. The fourth-order valence-electron chi connectivity index (χ4n) is 1.23. The number of amides is 1. The summed E-state index contributed by atoms with van der Waals surface area (Å²) in [6, 6.07) is 0. The molecule has 1 fully saturated rings. The predicted molar refractivity (Wildman–Crippen MR) is 44.6 cm³/mol. The fourth-order valence-corrected chi connectivity index (χ4v) is 1.23. The molecule has 2 N–H and O–H groups in total. The molecule has 5 nitrogen and oxygen atoms in total. The Labute approximate surface area is 71.1 Å². The summed E-state index contributed by atoms with van der Waals surface area (Å²) >= 11 is 0. The van der Waals surface area contributed by atoms with Gasteiger partial charge in [0, 0.05) is 26.2 Å². The standard InChI is InChI=1S/C7H13N3O2/c1-6(8)9-2-4-10(5-3-9)7(11)12/h8H,2-5H2,1H3,(H,11,12). The van der Waals surface area contributed by atoms with Crippen LogP contribution in [0.4, 0.5) is 4.79 Å². The van der Waals surface area contributed by atoms with E-state index in [1.807, 2.05) is 4.90 Å². The molecule has 0 aromatic carbocycles. The molecule has 0 unspecified atom stereocenters. The van der Waals surface area contributed by atoms with E-state index in [9.17, 15) is 4.79 Å². The lowest BCUT2D eigenvalue weighted by Gasteiger charge is -2.33. The highest BCUT2D eigenvalue weighted by molar-refractivity contribution is 5.76. The van der Waals surface area contributed by atoms with E-state index < -0.39 is 6.09 Å². The maximum absolute atomic E-state index is 10.5. The van der Waals surface area contributed by atoms with E-state index in [2.05, 4.69) is 0 Å². The van der Waals surface area contributed by atoms with Crippen molar-refractivity contribution in [2.75, 3.05) is 26.2 Å². The minimum absolute atomic E-state index is 0.506. The van der Waals surface area contributed by atoms with Crippen LogP contribution in [0.5, 0.6) is 0 Å². The van der Waals surface area contributed by atoms with Crippen LogP contribution in [0.15, 0.2) is 0 Å².